The van der Waals surface area contributed by atoms with Crippen LogP contribution in [0.2, 0.25) is 0 Å². The van der Waals surface area contributed by atoms with E-state index in [2.05, 4.69) is 4.18 Å². The van der Waals surface area contributed by atoms with E-state index in [1.165, 1.54) is 4.90 Å². The maximum absolute atomic E-state index is 13.8. The monoisotopic (exact) mass is 297 g/mol. The Labute approximate surface area is 113 Å². The topological polar surface area (TPSA) is 72.9 Å². The van der Waals surface area contributed by atoms with Crippen molar-refractivity contribution in [2.75, 3.05) is 19.3 Å². The average Bonchev–Trinajstić information content (AvgIpc) is 2.16. The van der Waals surface area contributed by atoms with Crippen molar-refractivity contribution in [1.82, 2.24) is 4.90 Å². The Kier molecular flexibility index (Phi) is 4.78. The van der Waals surface area contributed by atoms with E-state index in [1.807, 2.05) is 0 Å². The van der Waals surface area contributed by atoms with Crippen LogP contribution in [0.15, 0.2) is 0 Å². The van der Waals surface area contributed by atoms with Gasteiger partial charge in [0.15, 0.2) is 0 Å². The number of halogens is 1. The highest BCUT2D eigenvalue weighted by Crippen LogP contribution is 2.21. The standard InChI is InChI=1S/C11H20FNO5S/c1-11(2,3)17-10(14)13-6-5-9(8(12)7-13)18-19(4,15)16/h8-9H,5-7H2,1-4H3/t8-,9+/m0/s1. The van der Waals surface area contributed by atoms with Crippen LogP contribution in [0, 0.1) is 0 Å². The molecule has 0 unspecified atom stereocenters. The molecule has 0 aromatic rings. The van der Waals surface area contributed by atoms with Crippen LogP contribution in [0.3, 0.4) is 0 Å². The molecule has 1 fully saturated rings. The Morgan fingerprint density at radius 2 is 1.95 bits per heavy atom. The first-order valence-electron chi connectivity index (χ1n) is 5.98. The second-order valence-electron chi connectivity index (χ2n) is 5.57. The van der Waals surface area contributed by atoms with Crippen LogP contribution in [0.25, 0.3) is 0 Å². The van der Waals surface area contributed by atoms with E-state index in [9.17, 15) is 17.6 Å². The lowest BCUT2D eigenvalue weighted by Gasteiger charge is -2.34. The second kappa shape index (κ2) is 5.62. The third kappa shape index (κ3) is 5.73. The highest BCUT2D eigenvalue weighted by atomic mass is 32.2. The van der Waals surface area contributed by atoms with Crippen LogP contribution < -0.4 is 0 Å². The minimum atomic E-state index is -3.70. The van der Waals surface area contributed by atoms with Crippen molar-refractivity contribution in [2.45, 2.75) is 45.1 Å². The molecule has 1 saturated heterocycles. The fourth-order valence-corrected chi connectivity index (χ4v) is 2.37. The summed E-state index contributed by atoms with van der Waals surface area (Å²) in [6.07, 6.45) is -2.19. The first kappa shape index (κ1) is 16.2. The molecule has 0 radical (unpaired) electrons. The van der Waals surface area contributed by atoms with Gasteiger partial charge in [-0.2, -0.15) is 8.42 Å². The van der Waals surface area contributed by atoms with Gasteiger partial charge in [0, 0.05) is 6.54 Å². The number of alkyl halides is 1. The quantitative estimate of drug-likeness (QED) is 0.719. The molecule has 2 atom stereocenters. The molecule has 1 heterocycles. The summed E-state index contributed by atoms with van der Waals surface area (Å²) in [6, 6.07) is 0. The first-order chi connectivity index (χ1) is 8.48. The second-order valence-corrected chi connectivity index (χ2v) is 7.17. The molecule has 0 aromatic carbocycles. The number of ether oxygens (including phenoxy) is 1. The maximum atomic E-state index is 13.8. The van der Waals surface area contributed by atoms with Gasteiger partial charge in [0.2, 0.25) is 0 Å². The van der Waals surface area contributed by atoms with E-state index >= 15 is 0 Å². The largest absolute Gasteiger partial charge is 0.444 e. The van der Waals surface area contributed by atoms with Crippen LogP contribution in [0.1, 0.15) is 27.2 Å². The summed E-state index contributed by atoms with van der Waals surface area (Å²) in [7, 11) is -3.70. The van der Waals surface area contributed by atoms with Gasteiger partial charge < -0.3 is 9.64 Å². The number of carbonyl (C=O) groups is 1. The lowest BCUT2D eigenvalue weighted by molar-refractivity contribution is -0.00872. The average molecular weight is 297 g/mol. The SMILES string of the molecule is CC(C)(C)OC(=O)N1CC[C@@H](OS(C)(=O)=O)[C@@H](F)C1. The minimum absolute atomic E-state index is 0.119. The van der Waals surface area contributed by atoms with E-state index in [0.29, 0.717) is 0 Å². The van der Waals surface area contributed by atoms with Crippen molar-refractivity contribution in [1.29, 1.82) is 0 Å². The lowest BCUT2D eigenvalue weighted by Crippen LogP contribution is -2.49. The zero-order valence-corrected chi connectivity index (χ0v) is 12.4. The number of nitrogens with zero attached hydrogens (tertiary/aromatic N) is 1. The Balaban J connectivity index is 2.56. The lowest BCUT2D eigenvalue weighted by atomic mass is 10.1. The number of carbonyl (C=O) groups excluding carboxylic acids is 1. The van der Waals surface area contributed by atoms with Crippen LogP contribution in [-0.4, -0.2) is 56.6 Å². The Hall–Kier alpha value is -0.890. The van der Waals surface area contributed by atoms with Crippen molar-refractivity contribution >= 4 is 16.2 Å². The molecule has 1 aliphatic heterocycles. The molecule has 0 bridgehead atoms. The van der Waals surface area contributed by atoms with Gasteiger partial charge in [0.05, 0.1) is 12.8 Å². The van der Waals surface area contributed by atoms with Gasteiger partial charge in [-0.3, -0.25) is 4.18 Å². The highest BCUT2D eigenvalue weighted by Gasteiger charge is 2.35. The van der Waals surface area contributed by atoms with Crippen molar-refractivity contribution in [3.63, 3.8) is 0 Å². The third-order valence-electron chi connectivity index (χ3n) is 2.43. The van der Waals surface area contributed by atoms with Gasteiger partial charge in [-0.15, -0.1) is 0 Å². The van der Waals surface area contributed by atoms with E-state index in [4.69, 9.17) is 4.74 Å². The van der Waals surface area contributed by atoms with Gasteiger partial charge in [0.25, 0.3) is 10.1 Å². The van der Waals surface area contributed by atoms with Gasteiger partial charge in [0.1, 0.15) is 17.9 Å². The number of hydrogen-bond donors (Lipinski definition) is 0. The van der Waals surface area contributed by atoms with Gasteiger partial charge in [-0.1, -0.05) is 0 Å². The molecule has 19 heavy (non-hydrogen) atoms. The Morgan fingerprint density at radius 3 is 2.37 bits per heavy atom. The maximum Gasteiger partial charge on any atom is 0.410 e. The third-order valence-corrected chi connectivity index (χ3v) is 3.03. The number of piperidine rings is 1. The molecule has 8 heteroatoms. The number of likely N-dealkylation sites (tertiary alicyclic amines) is 1. The van der Waals surface area contributed by atoms with E-state index in [1.54, 1.807) is 20.8 Å². The normalized spacial score (nSPS) is 25.2. The van der Waals surface area contributed by atoms with Crippen LogP contribution in [-0.2, 0) is 19.0 Å². The molecule has 112 valence electrons. The van der Waals surface area contributed by atoms with Gasteiger partial charge in [-0.25, -0.2) is 9.18 Å². The highest BCUT2D eigenvalue weighted by molar-refractivity contribution is 7.86. The zero-order chi connectivity index (χ0) is 14.8. The molecule has 1 amide bonds. The Bertz CT molecular complexity index is 431. The molecule has 6 nitrogen and oxygen atoms in total. The van der Waals surface area contributed by atoms with Crippen LogP contribution >= 0.6 is 0 Å². The number of amides is 1. The van der Waals surface area contributed by atoms with Crippen LogP contribution in [0.5, 0.6) is 0 Å². The summed E-state index contributed by atoms with van der Waals surface area (Å²) in [5, 5.41) is 0. The molecule has 0 spiro atoms. The molecule has 0 saturated carbocycles. The molecule has 1 rings (SSSR count). The summed E-state index contributed by atoms with van der Waals surface area (Å²) in [6.45, 7) is 5.14. The molecular formula is C11H20FNO5S. The number of hydrogen-bond acceptors (Lipinski definition) is 5. The molecule has 1 aliphatic rings. The smallest absolute Gasteiger partial charge is 0.410 e. The van der Waals surface area contributed by atoms with Crippen molar-refractivity contribution in [3.05, 3.63) is 0 Å². The fraction of sp³-hybridized carbons (Fsp3) is 0.909. The predicted molar refractivity (Wildman–Crippen MR) is 67.0 cm³/mol. The molecule has 0 N–H and O–H groups in total. The van der Waals surface area contributed by atoms with Crippen molar-refractivity contribution in [3.8, 4) is 0 Å². The molecule has 0 aliphatic carbocycles. The van der Waals surface area contributed by atoms with Crippen molar-refractivity contribution < 1.29 is 26.5 Å². The summed E-state index contributed by atoms with van der Waals surface area (Å²) in [5.74, 6) is 0. The minimum Gasteiger partial charge on any atom is -0.444 e. The Morgan fingerprint density at radius 1 is 1.37 bits per heavy atom. The van der Waals surface area contributed by atoms with E-state index < -0.39 is 34.1 Å². The van der Waals surface area contributed by atoms with E-state index in [-0.39, 0.29) is 19.5 Å². The summed E-state index contributed by atoms with van der Waals surface area (Å²) >= 11 is 0. The van der Waals surface area contributed by atoms with Crippen molar-refractivity contribution in [2.24, 2.45) is 0 Å². The first-order valence-corrected chi connectivity index (χ1v) is 7.80. The van der Waals surface area contributed by atoms with Gasteiger partial charge in [-0.05, 0) is 27.2 Å². The predicted octanol–water partition coefficient (Wildman–Crippen LogP) is 1.31. The van der Waals surface area contributed by atoms with Gasteiger partial charge >= 0.3 is 6.09 Å². The zero-order valence-electron chi connectivity index (χ0n) is 11.6. The summed E-state index contributed by atoms with van der Waals surface area (Å²) in [4.78, 5) is 12.9. The molecular weight excluding hydrogens is 277 g/mol. The number of rotatable bonds is 2. The fourth-order valence-electron chi connectivity index (χ4n) is 1.71. The molecule has 0 aromatic heterocycles. The summed E-state index contributed by atoms with van der Waals surface area (Å²) < 4.78 is 45.5. The van der Waals surface area contributed by atoms with E-state index in [0.717, 1.165) is 6.26 Å². The summed E-state index contributed by atoms with van der Waals surface area (Å²) in [5.41, 5.74) is -0.650. The van der Waals surface area contributed by atoms with Crippen LogP contribution in [0.4, 0.5) is 9.18 Å².